The van der Waals surface area contributed by atoms with E-state index in [-0.39, 0.29) is 12.0 Å². The van der Waals surface area contributed by atoms with E-state index < -0.39 is 5.66 Å². The molecule has 0 atom stereocenters. The molecule has 0 saturated heterocycles. The van der Waals surface area contributed by atoms with Crippen LogP contribution in [0.5, 0.6) is 5.75 Å². The fourth-order valence-corrected chi connectivity index (χ4v) is 2.74. The van der Waals surface area contributed by atoms with Crippen molar-refractivity contribution in [2.24, 2.45) is 0 Å². The van der Waals surface area contributed by atoms with Gasteiger partial charge in [-0.05, 0) is 34.0 Å². The maximum absolute atomic E-state index is 12.7. The molecule has 22 heavy (non-hydrogen) atoms. The SMILES string of the molecule is CNN1C(=O)C(NC)(NC)c2cc(C=O)c(OC(C)C)cc21. The molecular formula is C15H22N4O3. The predicted molar refractivity (Wildman–Crippen MR) is 83.9 cm³/mol. The van der Waals surface area contributed by atoms with Crippen molar-refractivity contribution in [1.29, 1.82) is 0 Å². The van der Waals surface area contributed by atoms with E-state index in [2.05, 4.69) is 16.1 Å². The molecule has 7 nitrogen and oxygen atoms in total. The first-order valence-corrected chi connectivity index (χ1v) is 7.15. The van der Waals surface area contributed by atoms with E-state index in [1.165, 1.54) is 5.01 Å². The molecule has 3 N–H and O–H groups in total. The van der Waals surface area contributed by atoms with E-state index in [4.69, 9.17) is 4.74 Å². The summed E-state index contributed by atoms with van der Waals surface area (Å²) < 4.78 is 5.69. The number of likely N-dealkylation sites (N-methyl/N-ethyl adjacent to an activating group) is 2. The third-order valence-electron chi connectivity index (χ3n) is 3.76. The van der Waals surface area contributed by atoms with Crippen molar-refractivity contribution >= 4 is 17.9 Å². The van der Waals surface area contributed by atoms with Crippen LogP contribution >= 0.6 is 0 Å². The lowest BCUT2D eigenvalue weighted by Crippen LogP contribution is -2.59. The van der Waals surface area contributed by atoms with Crippen LogP contribution in [0, 0.1) is 0 Å². The second-order valence-corrected chi connectivity index (χ2v) is 5.31. The Labute approximate surface area is 130 Å². The first kappa shape index (κ1) is 16.4. The van der Waals surface area contributed by atoms with Crippen LogP contribution in [0.3, 0.4) is 0 Å². The summed E-state index contributed by atoms with van der Waals surface area (Å²) in [5.41, 5.74) is 3.53. The lowest BCUT2D eigenvalue weighted by Gasteiger charge is -2.27. The van der Waals surface area contributed by atoms with Gasteiger partial charge < -0.3 is 4.74 Å². The average Bonchev–Trinajstić information content (AvgIpc) is 2.73. The molecule has 1 heterocycles. The van der Waals surface area contributed by atoms with Gasteiger partial charge in [0.05, 0.1) is 17.4 Å². The molecule has 7 heteroatoms. The van der Waals surface area contributed by atoms with Crippen molar-refractivity contribution in [2.75, 3.05) is 26.2 Å². The Morgan fingerprint density at radius 3 is 2.32 bits per heavy atom. The third-order valence-corrected chi connectivity index (χ3v) is 3.76. The monoisotopic (exact) mass is 306 g/mol. The summed E-state index contributed by atoms with van der Waals surface area (Å²) in [6.07, 6.45) is 0.663. The highest BCUT2D eigenvalue weighted by atomic mass is 16.5. The normalized spacial score (nSPS) is 16.1. The first-order valence-electron chi connectivity index (χ1n) is 7.15. The zero-order chi connectivity index (χ0) is 16.5. The lowest BCUT2D eigenvalue weighted by molar-refractivity contribution is -0.125. The Morgan fingerprint density at radius 2 is 1.86 bits per heavy atom. The van der Waals surface area contributed by atoms with Gasteiger partial charge >= 0.3 is 0 Å². The molecule has 0 aliphatic carbocycles. The van der Waals surface area contributed by atoms with Crippen LogP contribution in [-0.4, -0.2) is 39.4 Å². The van der Waals surface area contributed by atoms with E-state index in [0.29, 0.717) is 22.6 Å². The minimum atomic E-state index is -1.08. The summed E-state index contributed by atoms with van der Waals surface area (Å²) in [5, 5.41) is 7.45. The molecule has 0 bridgehead atoms. The highest BCUT2D eigenvalue weighted by molar-refractivity contribution is 6.07. The van der Waals surface area contributed by atoms with Crippen LogP contribution in [0.15, 0.2) is 12.1 Å². The largest absolute Gasteiger partial charge is 0.490 e. The Hall–Kier alpha value is -1.96. The van der Waals surface area contributed by atoms with Gasteiger partial charge in [0.1, 0.15) is 5.75 Å². The van der Waals surface area contributed by atoms with Crippen molar-refractivity contribution in [1.82, 2.24) is 16.1 Å². The number of nitrogens with zero attached hydrogens (tertiary/aromatic N) is 1. The van der Waals surface area contributed by atoms with Gasteiger partial charge in [-0.25, -0.2) is 10.4 Å². The first-order chi connectivity index (χ1) is 10.4. The molecule has 0 unspecified atom stereocenters. The zero-order valence-corrected chi connectivity index (χ0v) is 13.5. The smallest absolute Gasteiger partial charge is 0.281 e. The number of ether oxygens (including phenoxy) is 1. The molecular weight excluding hydrogens is 284 g/mol. The fourth-order valence-electron chi connectivity index (χ4n) is 2.74. The molecule has 0 aromatic heterocycles. The van der Waals surface area contributed by atoms with Crippen molar-refractivity contribution in [2.45, 2.75) is 25.6 Å². The van der Waals surface area contributed by atoms with E-state index in [0.717, 1.165) is 6.29 Å². The molecule has 1 amide bonds. The maximum atomic E-state index is 12.7. The molecule has 0 radical (unpaired) electrons. The topological polar surface area (TPSA) is 82.7 Å². The van der Waals surface area contributed by atoms with Gasteiger partial charge in [0.15, 0.2) is 11.9 Å². The van der Waals surface area contributed by atoms with Crippen LogP contribution in [0.4, 0.5) is 5.69 Å². The van der Waals surface area contributed by atoms with Gasteiger partial charge in [-0.1, -0.05) is 0 Å². The van der Waals surface area contributed by atoms with Crippen LogP contribution in [0.25, 0.3) is 0 Å². The molecule has 1 aromatic rings. The summed E-state index contributed by atoms with van der Waals surface area (Å²) in [5.74, 6) is 0.258. The van der Waals surface area contributed by atoms with Crippen molar-refractivity contribution in [3.63, 3.8) is 0 Å². The number of hydrogen-bond donors (Lipinski definition) is 3. The van der Waals surface area contributed by atoms with Crippen molar-refractivity contribution < 1.29 is 14.3 Å². The highest BCUT2D eigenvalue weighted by Crippen LogP contribution is 2.41. The van der Waals surface area contributed by atoms with Crippen LogP contribution in [-0.2, 0) is 10.5 Å². The number of benzene rings is 1. The molecule has 120 valence electrons. The number of anilines is 1. The number of nitrogens with one attached hydrogen (secondary N) is 3. The average molecular weight is 306 g/mol. The van der Waals surface area contributed by atoms with Gasteiger partial charge in [-0.2, -0.15) is 0 Å². The molecule has 0 spiro atoms. The van der Waals surface area contributed by atoms with Gasteiger partial charge in [0, 0.05) is 18.7 Å². The second kappa shape index (κ2) is 6.04. The second-order valence-electron chi connectivity index (χ2n) is 5.31. The predicted octanol–water partition coefficient (Wildman–Crippen LogP) is 0.359. The van der Waals surface area contributed by atoms with Crippen LogP contribution < -0.4 is 25.8 Å². The summed E-state index contributed by atoms with van der Waals surface area (Å²) in [4.78, 5) is 24.1. The Balaban J connectivity index is 2.68. The quantitative estimate of drug-likeness (QED) is 0.520. The van der Waals surface area contributed by atoms with E-state index in [9.17, 15) is 9.59 Å². The molecule has 2 rings (SSSR count). The maximum Gasteiger partial charge on any atom is 0.281 e. The Kier molecular flexibility index (Phi) is 4.50. The number of amides is 1. The third kappa shape index (κ3) is 2.27. The zero-order valence-electron chi connectivity index (χ0n) is 13.5. The van der Waals surface area contributed by atoms with Crippen molar-refractivity contribution in [3.8, 4) is 5.75 Å². The molecule has 1 aliphatic rings. The summed E-state index contributed by atoms with van der Waals surface area (Å²) in [6.45, 7) is 3.77. The standard InChI is InChI=1S/C15H22N4O3/c1-9(2)22-13-7-12-11(6-10(13)8-20)15(16-3,17-4)14(21)19(12)18-5/h6-9,16-18H,1-5H3. The number of carbonyl (C=O) groups is 2. The number of fused-ring (bicyclic) bond motifs is 1. The molecule has 1 aliphatic heterocycles. The fraction of sp³-hybridized carbons (Fsp3) is 0.467. The number of hydrazine groups is 1. The van der Waals surface area contributed by atoms with E-state index in [1.807, 2.05) is 13.8 Å². The molecule has 0 fully saturated rings. The Morgan fingerprint density at radius 1 is 1.23 bits per heavy atom. The number of aldehydes is 1. The summed E-state index contributed by atoms with van der Waals surface area (Å²) >= 11 is 0. The van der Waals surface area contributed by atoms with Crippen LogP contribution in [0.2, 0.25) is 0 Å². The van der Waals surface area contributed by atoms with Gasteiger partial charge in [-0.15, -0.1) is 0 Å². The van der Waals surface area contributed by atoms with Gasteiger partial charge in [0.2, 0.25) is 0 Å². The number of carbonyl (C=O) groups excluding carboxylic acids is 2. The number of rotatable bonds is 6. The van der Waals surface area contributed by atoms with E-state index in [1.54, 1.807) is 33.3 Å². The molecule has 1 aromatic carbocycles. The van der Waals surface area contributed by atoms with Gasteiger partial charge in [0.25, 0.3) is 5.91 Å². The van der Waals surface area contributed by atoms with E-state index >= 15 is 0 Å². The minimum absolute atomic E-state index is 0.0738. The number of hydrogen-bond acceptors (Lipinski definition) is 6. The van der Waals surface area contributed by atoms with Gasteiger partial charge in [-0.3, -0.25) is 20.2 Å². The molecule has 0 saturated carbocycles. The summed E-state index contributed by atoms with van der Waals surface area (Å²) in [7, 11) is 5.05. The summed E-state index contributed by atoms with van der Waals surface area (Å²) in [6, 6.07) is 3.40. The Bertz CT molecular complexity index is 597. The van der Waals surface area contributed by atoms with Crippen molar-refractivity contribution in [3.05, 3.63) is 23.3 Å². The van der Waals surface area contributed by atoms with Crippen LogP contribution in [0.1, 0.15) is 29.8 Å². The lowest BCUT2D eigenvalue weighted by atomic mass is 9.98. The minimum Gasteiger partial charge on any atom is -0.490 e. The highest BCUT2D eigenvalue weighted by Gasteiger charge is 2.50.